The first kappa shape index (κ1) is 15.3. The van der Waals surface area contributed by atoms with Crippen molar-refractivity contribution < 1.29 is 0 Å². The van der Waals surface area contributed by atoms with Crippen LogP contribution in [0.25, 0.3) is 0 Å². The first-order valence-electron chi connectivity index (χ1n) is 5.75. The first-order chi connectivity index (χ1) is 7.01. The van der Waals surface area contributed by atoms with Crippen molar-refractivity contribution in [2.45, 2.75) is 53.1 Å². The Morgan fingerprint density at radius 1 is 0.625 bits per heavy atom. The van der Waals surface area contributed by atoms with E-state index in [-0.39, 0.29) is 0 Å². The predicted molar refractivity (Wildman–Crippen MR) is 80.6 cm³/mol. The lowest BCUT2D eigenvalue weighted by molar-refractivity contribution is 1.43. The molecular formula is C14H24Si2. The van der Waals surface area contributed by atoms with Crippen LogP contribution in [0.4, 0.5) is 0 Å². The van der Waals surface area contributed by atoms with Crippen LogP contribution in [0, 0.1) is 22.9 Å². The van der Waals surface area contributed by atoms with Crippen LogP contribution in [0.3, 0.4) is 0 Å². The van der Waals surface area contributed by atoms with Gasteiger partial charge < -0.3 is 0 Å². The van der Waals surface area contributed by atoms with Crippen molar-refractivity contribution in [1.82, 2.24) is 0 Å². The second-order valence-corrected chi connectivity index (χ2v) is 15.8. The van der Waals surface area contributed by atoms with Crippen molar-refractivity contribution in [2.24, 2.45) is 0 Å². The third kappa shape index (κ3) is 8.59. The summed E-state index contributed by atoms with van der Waals surface area (Å²) >= 11 is 0. The maximum atomic E-state index is 3.37. The van der Waals surface area contributed by atoms with E-state index in [1.54, 1.807) is 0 Å². The van der Waals surface area contributed by atoms with Gasteiger partial charge in [0.2, 0.25) is 0 Å². The molecule has 0 aliphatic carbocycles. The Bertz CT molecular complexity index is 352. The lowest BCUT2D eigenvalue weighted by Crippen LogP contribution is -2.16. The van der Waals surface area contributed by atoms with Crippen molar-refractivity contribution in [3.63, 3.8) is 0 Å². The molecule has 0 bridgehead atoms. The molecule has 16 heavy (non-hydrogen) atoms. The fraction of sp³-hybridized carbons (Fsp3) is 0.571. The monoisotopic (exact) mass is 248 g/mol. The third-order valence-corrected chi connectivity index (χ3v) is 3.56. The van der Waals surface area contributed by atoms with Crippen LogP contribution >= 0.6 is 0 Å². The highest BCUT2D eigenvalue weighted by Gasteiger charge is 2.08. The zero-order valence-electron chi connectivity index (χ0n) is 12.0. The molecule has 0 aliphatic heterocycles. The van der Waals surface area contributed by atoms with E-state index in [1.165, 1.54) is 0 Å². The van der Waals surface area contributed by atoms with Crippen LogP contribution in [-0.2, 0) is 0 Å². The van der Waals surface area contributed by atoms with Gasteiger partial charge in [-0.1, -0.05) is 51.1 Å². The first-order valence-corrected chi connectivity index (χ1v) is 12.8. The maximum absolute atomic E-state index is 3.37. The van der Waals surface area contributed by atoms with Gasteiger partial charge in [-0.2, -0.15) is 0 Å². The number of rotatable bonds is 0. The van der Waals surface area contributed by atoms with E-state index < -0.39 is 16.1 Å². The fourth-order valence-corrected chi connectivity index (χ4v) is 1.88. The van der Waals surface area contributed by atoms with E-state index in [2.05, 4.69) is 76.1 Å². The summed E-state index contributed by atoms with van der Waals surface area (Å²) in [6.45, 7) is 17.7. The number of hydrogen-bond donors (Lipinski definition) is 0. The molecule has 2 heteroatoms. The second kappa shape index (κ2) is 5.57. The SMILES string of the molecule is C/C(C#C[Si](C)(C)C)=C(/C)C#C[Si](C)(C)C. The second-order valence-electron chi connectivity index (χ2n) is 6.25. The van der Waals surface area contributed by atoms with Crippen LogP contribution in [0.5, 0.6) is 0 Å². The van der Waals surface area contributed by atoms with Crippen molar-refractivity contribution in [1.29, 1.82) is 0 Å². The largest absolute Gasteiger partial charge is 0.129 e. The molecule has 0 radical (unpaired) electrons. The predicted octanol–water partition coefficient (Wildman–Crippen LogP) is 4.08. The van der Waals surface area contributed by atoms with Gasteiger partial charge in [-0.05, 0) is 13.8 Å². The van der Waals surface area contributed by atoms with Crippen LogP contribution < -0.4 is 0 Å². The Morgan fingerprint density at radius 3 is 1.06 bits per heavy atom. The molecule has 0 N–H and O–H groups in total. The van der Waals surface area contributed by atoms with Gasteiger partial charge in [-0.3, -0.25) is 0 Å². The van der Waals surface area contributed by atoms with E-state index in [1.807, 2.05) is 0 Å². The highest BCUT2D eigenvalue weighted by Crippen LogP contribution is 2.04. The highest BCUT2D eigenvalue weighted by molar-refractivity contribution is 6.84. The Balaban J connectivity index is 4.97. The summed E-state index contributed by atoms with van der Waals surface area (Å²) < 4.78 is 0. The average molecular weight is 249 g/mol. The molecule has 88 valence electrons. The number of allylic oxidation sites excluding steroid dienone is 2. The summed E-state index contributed by atoms with van der Waals surface area (Å²) in [5.74, 6) is 6.53. The van der Waals surface area contributed by atoms with Gasteiger partial charge in [0.1, 0.15) is 16.1 Å². The van der Waals surface area contributed by atoms with Crippen LogP contribution in [0.15, 0.2) is 11.1 Å². The zero-order chi connectivity index (χ0) is 13.0. The molecule has 0 aromatic heterocycles. The van der Waals surface area contributed by atoms with E-state index in [0.29, 0.717) is 0 Å². The molecule has 0 nitrogen and oxygen atoms in total. The minimum Gasteiger partial charge on any atom is -0.127 e. The smallest absolute Gasteiger partial charge is 0.127 e. The van der Waals surface area contributed by atoms with Gasteiger partial charge in [0.15, 0.2) is 0 Å². The molecule has 0 saturated carbocycles. The topological polar surface area (TPSA) is 0 Å². The number of hydrogen-bond acceptors (Lipinski definition) is 0. The fourth-order valence-electron chi connectivity index (χ4n) is 0.750. The summed E-state index contributed by atoms with van der Waals surface area (Å²) in [6.07, 6.45) is 0. The van der Waals surface area contributed by atoms with E-state index in [9.17, 15) is 0 Å². The summed E-state index contributed by atoms with van der Waals surface area (Å²) in [7, 11) is -2.52. The Morgan fingerprint density at radius 2 is 0.875 bits per heavy atom. The van der Waals surface area contributed by atoms with Gasteiger partial charge in [0, 0.05) is 11.1 Å². The molecule has 0 atom stereocenters. The summed E-state index contributed by atoms with van der Waals surface area (Å²) in [5.41, 5.74) is 9.01. The van der Waals surface area contributed by atoms with Crippen molar-refractivity contribution in [2.75, 3.05) is 0 Å². The van der Waals surface area contributed by atoms with Crippen LogP contribution in [0.1, 0.15) is 13.8 Å². The molecular weight excluding hydrogens is 224 g/mol. The minimum atomic E-state index is -1.26. The van der Waals surface area contributed by atoms with Gasteiger partial charge in [-0.25, -0.2) is 0 Å². The lowest BCUT2D eigenvalue weighted by Gasteiger charge is -2.05. The normalized spacial score (nSPS) is 13.0. The van der Waals surface area contributed by atoms with E-state index >= 15 is 0 Å². The van der Waals surface area contributed by atoms with Crippen molar-refractivity contribution in [3.8, 4) is 22.9 Å². The average Bonchev–Trinajstić information content (AvgIpc) is 2.07. The van der Waals surface area contributed by atoms with E-state index in [4.69, 9.17) is 0 Å². The molecule has 0 aromatic rings. The zero-order valence-corrected chi connectivity index (χ0v) is 14.0. The Labute approximate surface area is 104 Å². The van der Waals surface area contributed by atoms with Gasteiger partial charge in [0.25, 0.3) is 0 Å². The summed E-state index contributed by atoms with van der Waals surface area (Å²) in [6, 6.07) is 0. The molecule has 0 saturated heterocycles. The summed E-state index contributed by atoms with van der Waals surface area (Å²) in [5, 5.41) is 0. The van der Waals surface area contributed by atoms with Gasteiger partial charge in [-0.15, -0.1) is 11.1 Å². The molecule has 0 amide bonds. The molecule has 0 rings (SSSR count). The van der Waals surface area contributed by atoms with E-state index in [0.717, 1.165) is 11.1 Å². The molecule has 0 heterocycles. The van der Waals surface area contributed by atoms with Gasteiger partial charge in [0.05, 0.1) is 0 Å². The third-order valence-electron chi connectivity index (χ3n) is 1.81. The molecule has 0 aromatic carbocycles. The molecule has 0 fully saturated rings. The standard InChI is InChI=1S/C14H24Si2/c1-13(9-11-15(3,4)5)14(2)10-12-16(6,7)8/h1-8H3/b14-13+. The molecule has 0 aliphatic rings. The molecule has 0 spiro atoms. The highest BCUT2D eigenvalue weighted by atomic mass is 28.3. The van der Waals surface area contributed by atoms with Crippen molar-refractivity contribution in [3.05, 3.63) is 11.1 Å². The summed E-state index contributed by atoms with van der Waals surface area (Å²) in [4.78, 5) is 0. The Kier molecular flexibility index (Phi) is 5.33. The quantitative estimate of drug-likeness (QED) is 0.447. The lowest BCUT2D eigenvalue weighted by atomic mass is 10.2. The minimum absolute atomic E-state index is 1.13. The van der Waals surface area contributed by atoms with Crippen LogP contribution in [-0.4, -0.2) is 16.1 Å². The van der Waals surface area contributed by atoms with Crippen LogP contribution in [0.2, 0.25) is 39.3 Å². The van der Waals surface area contributed by atoms with Crippen molar-refractivity contribution >= 4 is 16.1 Å². The Hall–Kier alpha value is -0.706. The maximum Gasteiger partial charge on any atom is 0.129 e. The molecule has 0 unspecified atom stereocenters. The van der Waals surface area contributed by atoms with Gasteiger partial charge >= 0.3 is 0 Å².